The molecule has 1 aliphatic heterocycles. The molecule has 1 heterocycles. The number of nitrogens with zero attached hydrogens (tertiary/aromatic N) is 2. The summed E-state index contributed by atoms with van der Waals surface area (Å²) >= 11 is 0. The maximum Gasteiger partial charge on any atom is 0.673 e. The van der Waals surface area contributed by atoms with Crippen molar-refractivity contribution in [3.63, 3.8) is 0 Å². The van der Waals surface area contributed by atoms with E-state index in [0.717, 1.165) is 12.6 Å². The van der Waals surface area contributed by atoms with Gasteiger partial charge in [0.2, 0.25) is 0 Å². The van der Waals surface area contributed by atoms with Crippen molar-refractivity contribution in [1.29, 1.82) is 0 Å². The highest BCUT2D eigenvalue weighted by molar-refractivity contribution is 6.50. The molecule has 0 saturated heterocycles. The first-order chi connectivity index (χ1) is 6.68. The fourth-order valence-electron chi connectivity index (χ4n) is 1.18. The number of hydrogen-bond donors (Lipinski definition) is 0. The van der Waals surface area contributed by atoms with Crippen molar-refractivity contribution < 1.29 is 17.3 Å². The van der Waals surface area contributed by atoms with Gasteiger partial charge >= 0.3 is 7.25 Å². The zero-order valence-electron chi connectivity index (χ0n) is 9.13. The van der Waals surface area contributed by atoms with Crippen LogP contribution < -0.4 is 0 Å². The predicted molar refractivity (Wildman–Crippen MR) is 53.5 cm³/mol. The van der Waals surface area contributed by atoms with Gasteiger partial charge in [-0.2, -0.15) is 0 Å². The van der Waals surface area contributed by atoms with E-state index >= 15 is 0 Å². The van der Waals surface area contributed by atoms with Gasteiger partial charge in [-0.25, -0.2) is 0 Å². The van der Waals surface area contributed by atoms with E-state index < -0.39 is 7.25 Å². The minimum atomic E-state index is -6.00. The molecule has 0 bridgehead atoms. The van der Waals surface area contributed by atoms with Crippen molar-refractivity contribution in [1.82, 2.24) is 9.80 Å². The van der Waals surface area contributed by atoms with E-state index in [1.165, 1.54) is 6.54 Å². The van der Waals surface area contributed by atoms with Crippen LogP contribution in [0.1, 0.15) is 13.8 Å². The average Bonchev–Trinajstić information content (AvgIpc) is 2.29. The SMILES string of the molecule is CC(C)CN1C=CN(C)C1.F[B-](F)(F)F. The summed E-state index contributed by atoms with van der Waals surface area (Å²) in [6.07, 6.45) is 4.27. The second-order valence-corrected chi connectivity index (χ2v) is 3.86. The Bertz CT molecular complexity index is 199. The second-order valence-electron chi connectivity index (χ2n) is 3.86. The summed E-state index contributed by atoms with van der Waals surface area (Å²) in [4.78, 5) is 4.51. The number of hydrogen-bond acceptors (Lipinski definition) is 2. The molecule has 0 aromatic heterocycles. The topological polar surface area (TPSA) is 6.48 Å². The third-order valence-corrected chi connectivity index (χ3v) is 1.54. The first-order valence-corrected chi connectivity index (χ1v) is 4.68. The van der Waals surface area contributed by atoms with Crippen LogP contribution in [0.4, 0.5) is 17.3 Å². The normalized spacial score (nSPS) is 15.7. The standard InChI is InChI=1S/C8H16N2.BF4/c1-8(2)6-10-5-4-9(3)7-10;2-1(3,4)5/h4-5,8H,6-7H2,1-3H3;/q;-1. The van der Waals surface area contributed by atoms with Crippen LogP contribution in [-0.2, 0) is 0 Å². The smallest absolute Gasteiger partial charge is 0.418 e. The Hall–Kier alpha value is -0.875. The Morgan fingerprint density at radius 1 is 1.20 bits per heavy atom. The Kier molecular flexibility index (Phi) is 5.53. The van der Waals surface area contributed by atoms with Crippen LogP contribution in [0.15, 0.2) is 12.4 Å². The minimum Gasteiger partial charge on any atom is -0.418 e. The molecule has 0 aromatic rings. The third-order valence-electron chi connectivity index (χ3n) is 1.54. The highest BCUT2D eigenvalue weighted by Crippen LogP contribution is 2.07. The molecule has 1 rings (SSSR count). The fraction of sp³-hybridized carbons (Fsp3) is 0.750. The van der Waals surface area contributed by atoms with Crippen LogP contribution in [0.2, 0.25) is 0 Å². The molecule has 0 unspecified atom stereocenters. The maximum absolute atomic E-state index is 9.75. The maximum atomic E-state index is 9.75. The molecule has 15 heavy (non-hydrogen) atoms. The van der Waals surface area contributed by atoms with E-state index in [4.69, 9.17) is 0 Å². The van der Waals surface area contributed by atoms with E-state index in [1.807, 2.05) is 0 Å². The van der Waals surface area contributed by atoms with Gasteiger partial charge in [0.05, 0.1) is 6.67 Å². The van der Waals surface area contributed by atoms with Gasteiger partial charge in [-0.05, 0) is 5.92 Å². The van der Waals surface area contributed by atoms with Crippen LogP contribution in [0.5, 0.6) is 0 Å². The monoisotopic (exact) mass is 227 g/mol. The lowest BCUT2D eigenvalue weighted by molar-refractivity contribution is 0.271. The largest absolute Gasteiger partial charge is 0.673 e. The third kappa shape index (κ3) is 11.0. The van der Waals surface area contributed by atoms with Gasteiger partial charge in [0.15, 0.2) is 0 Å². The number of rotatable bonds is 2. The summed E-state index contributed by atoms with van der Waals surface area (Å²) in [5.74, 6) is 0.760. The van der Waals surface area contributed by atoms with E-state index in [1.54, 1.807) is 0 Å². The Balaban J connectivity index is 0.000000336. The van der Waals surface area contributed by atoms with Crippen LogP contribution in [0, 0.1) is 5.92 Å². The molecule has 90 valence electrons. The average molecular weight is 227 g/mol. The van der Waals surface area contributed by atoms with Gasteiger partial charge in [0, 0.05) is 26.0 Å². The second kappa shape index (κ2) is 5.87. The minimum absolute atomic E-state index is 0.760. The molecule has 0 radical (unpaired) electrons. The molecule has 0 atom stereocenters. The molecule has 0 amide bonds. The lowest BCUT2D eigenvalue weighted by atomic mass is 10.2. The van der Waals surface area contributed by atoms with Crippen LogP contribution in [0.25, 0.3) is 0 Å². The zero-order valence-corrected chi connectivity index (χ0v) is 9.13. The first-order valence-electron chi connectivity index (χ1n) is 4.68. The van der Waals surface area contributed by atoms with Crippen molar-refractivity contribution in [2.24, 2.45) is 5.92 Å². The fourth-order valence-corrected chi connectivity index (χ4v) is 1.18. The van der Waals surface area contributed by atoms with Gasteiger partial charge in [-0.15, -0.1) is 0 Å². The quantitative estimate of drug-likeness (QED) is 0.528. The predicted octanol–water partition coefficient (Wildman–Crippen LogP) is 2.62. The van der Waals surface area contributed by atoms with E-state index in [2.05, 4.69) is 43.1 Å². The lowest BCUT2D eigenvalue weighted by Gasteiger charge is -2.19. The molecule has 0 saturated carbocycles. The molecule has 0 spiro atoms. The van der Waals surface area contributed by atoms with E-state index in [-0.39, 0.29) is 0 Å². The zero-order chi connectivity index (χ0) is 12.1. The Morgan fingerprint density at radius 3 is 1.93 bits per heavy atom. The Labute approximate surface area is 87.6 Å². The molecule has 0 fully saturated rings. The van der Waals surface area contributed by atoms with Crippen molar-refractivity contribution >= 4 is 7.25 Å². The molecule has 0 aliphatic carbocycles. The van der Waals surface area contributed by atoms with Crippen molar-refractivity contribution in [3.8, 4) is 0 Å². The van der Waals surface area contributed by atoms with Crippen LogP contribution in [-0.4, -0.2) is 37.3 Å². The summed E-state index contributed by atoms with van der Waals surface area (Å²) < 4.78 is 39.0. The number of halogens is 4. The summed E-state index contributed by atoms with van der Waals surface area (Å²) in [7, 11) is -3.91. The molecule has 1 aliphatic rings. The van der Waals surface area contributed by atoms with Gasteiger partial charge < -0.3 is 27.1 Å². The summed E-state index contributed by atoms with van der Waals surface area (Å²) in [5, 5.41) is 0. The molecular weight excluding hydrogens is 211 g/mol. The highest BCUT2D eigenvalue weighted by atomic mass is 19.5. The summed E-state index contributed by atoms with van der Waals surface area (Å²) in [6.45, 7) is 6.71. The molecule has 0 aromatic carbocycles. The van der Waals surface area contributed by atoms with Crippen molar-refractivity contribution in [2.45, 2.75) is 13.8 Å². The van der Waals surface area contributed by atoms with Gasteiger partial charge in [-0.1, -0.05) is 13.8 Å². The van der Waals surface area contributed by atoms with Crippen LogP contribution >= 0.6 is 0 Å². The van der Waals surface area contributed by atoms with Crippen molar-refractivity contribution in [3.05, 3.63) is 12.4 Å². The first kappa shape index (κ1) is 14.1. The molecular formula is C8H16BF4N2-. The van der Waals surface area contributed by atoms with Gasteiger partial charge in [0.25, 0.3) is 0 Å². The van der Waals surface area contributed by atoms with Gasteiger partial charge in [-0.3, -0.25) is 0 Å². The van der Waals surface area contributed by atoms with Crippen LogP contribution in [0.3, 0.4) is 0 Å². The molecule has 2 nitrogen and oxygen atoms in total. The van der Waals surface area contributed by atoms with Crippen molar-refractivity contribution in [2.75, 3.05) is 20.3 Å². The van der Waals surface area contributed by atoms with E-state index in [0.29, 0.717) is 0 Å². The van der Waals surface area contributed by atoms with Gasteiger partial charge in [0.1, 0.15) is 0 Å². The summed E-state index contributed by atoms with van der Waals surface area (Å²) in [5.41, 5.74) is 0. The molecule has 0 N–H and O–H groups in total. The highest BCUT2D eigenvalue weighted by Gasteiger charge is 2.20. The summed E-state index contributed by atoms with van der Waals surface area (Å²) in [6, 6.07) is 0. The van der Waals surface area contributed by atoms with E-state index in [9.17, 15) is 17.3 Å². The Morgan fingerprint density at radius 2 is 1.67 bits per heavy atom. The lowest BCUT2D eigenvalue weighted by Crippen LogP contribution is -2.25. The molecule has 7 heteroatoms.